The SMILES string of the molecule is CC(C(=O)OCC(=O)N1CCN(c2ccc([N+](=O)[O-])cc2)CC1)N1C(=O)C2CCCCC2C1=O. The molecule has 0 N–H and O–H groups in total. The predicted octanol–water partition coefficient (Wildman–Crippen LogP) is 1.35. The zero-order chi connectivity index (χ0) is 24.4. The van der Waals surface area contributed by atoms with Gasteiger partial charge in [-0.2, -0.15) is 0 Å². The molecule has 1 saturated carbocycles. The average Bonchev–Trinajstić information content (AvgIpc) is 3.12. The van der Waals surface area contributed by atoms with E-state index < -0.39 is 23.5 Å². The number of hydrogen-bond donors (Lipinski definition) is 0. The van der Waals surface area contributed by atoms with Gasteiger partial charge in [0.25, 0.3) is 11.6 Å². The number of anilines is 1. The molecule has 4 rings (SSSR count). The number of nitro benzene ring substituents is 1. The molecule has 11 nitrogen and oxygen atoms in total. The second-order valence-electron chi connectivity index (χ2n) is 8.97. The third kappa shape index (κ3) is 4.59. The number of non-ortho nitro benzene ring substituents is 1. The second-order valence-corrected chi connectivity index (χ2v) is 8.97. The molecule has 1 aromatic rings. The molecule has 1 aromatic carbocycles. The molecule has 0 aromatic heterocycles. The van der Waals surface area contributed by atoms with E-state index in [0.29, 0.717) is 39.0 Å². The van der Waals surface area contributed by atoms with Crippen molar-refractivity contribution in [1.29, 1.82) is 0 Å². The Morgan fingerprint density at radius 1 is 1.03 bits per heavy atom. The van der Waals surface area contributed by atoms with Crippen LogP contribution in [0.4, 0.5) is 11.4 Å². The Kier molecular flexibility index (Phi) is 6.80. The number of likely N-dealkylation sites (tertiary alicyclic amines) is 1. The highest BCUT2D eigenvalue weighted by atomic mass is 16.6. The lowest BCUT2D eigenvalue weighted by atomic mass is 9.81. The molecule has 34 heavy (non-hydrogen) atoms. The Morgan fingerprint density at radius 3 is 2.12 bits per heavy atom. The van der Waals surface area contributed by atoms with Crippen LogP contribution in [0.2, 0.25) is 0 Å². The number of nitrogens with zero attached hydrogens (tertiary/aromatic N) is 4. The largest absolute Gasteiger partial charge is 0.454 e. The maximum atomic E-state index is 12.7. The fraction of sp³-hybridized carbons (Fsp3) is 0.565. The number of nitro groups is 1. The number of carbonyl (C=O) groups excluding carboxylic acids is 4. The summed E-state index contributed by atoms with van der Waals surface area (Å²) in [4.78, 5) is 65.4. The van der Waals surface area contributed by atoms with Gasteiger partial charge in [-0.15, -0.1) is 0 Å². The Hall–Kier alpha value is -3.50. The van der Waals surface area contributed by atoms with Gasteiger partial charge in [-0.05, 0) is 31.9 Å². The zero-order valence-electron chi connectivity index (χ0n) is 19.1. The molecular formula is C23H28N4O7. The second kappa shape index (κ2) is 9.78. The first-order chi connectivity index (χ1) is 16.3. The minimum absolute atomic E-state index is 0.0182. The van der Waals surface area contributed by atoms with Crippen molar-refractivity contribution in [2.75, 3.05) is 37.7 Å². The van der Waals surface area contributed by atoms with Crippen molar-refractivity contribution in [3.05, 3.63) is 34.4 Å². The first kappa shape index (κ1) is 23.7. The van der Waals surface area contributed by atoms with Gasteiger partial charge < -0.3 is 14.5 Å². The van der Waals surface area contributed by atoms with Crippen molar-refractivity contribution in [2.24, 2.45) is 11.8 Å². The summed E-state index contributed by atoms with van der Waals surface area (Å²) in [6.07, 6.45) is 3.13. The van der Waals surface area contributed by atoms with Crippen LogP contribution in [0.5, 0.6) is 0 Å². The van der Waals surface area contributed by atoms with Crippen LogP contribution in [0, 0.1) is 22.0 Å². The number of fused-ring (bicyclic) bond motifs is 1. The van der Waals surface area contributed by atoms with Gasteiger partial charge in [0.15, 0.2) is 6.61 Å². The van der Waals surface area contributed by atoms with E-state index in [2.05, 4.69) is 0 Å². The third-order valence-corrected chi connectivity index (χ3v) is 7.00. The summed E-state index contributed by atoms with van der Waals surface area (Å²) < 4.78 is 5.17. The van der Waals surface area contributed by atoms with E-state index in [4.69, 9.17) is 4.74 Å². The number of amides is 3. The van der Waals surface area contributed by atoms with Crippen molar-refractivity contribution < 1.29 is 28.8 Å². The quantitative estimate of drug-likeness (QED) is 0.262. The van der Waals surface area contributed by atoms with Crippen LogP contribution in [-0.2, 0) is 23.9 Å². The summed E-state index contributed by atoms with van der Waals surface area (Å²) in [6.45, 7) is 2.90. The molecule has 2 heterocycles. The average molecular weight is 472 g/mol. The van der Waals surface area contributed by atoms with Crippen LogP contribution in [0.25, 0.3) is 0 Å². The molecule has 2 saturated heterocycles. The summed E-state index contributed by atoms with van der Waals surface area (Å²) in [7, 11) is 0. The highest BCUT2D eigenvalue weighted by Crippen LogP contribution is 2.38. The van der Waals surface area contributed by atoms with Crippen molar-refractivity contribution in [3.8, 4) is 0 Å². The maximum Gasteiger partial charge on any atom is 0.329 e. The Labute approximate surface area is 196 Å². The highest BCUT2D eigenvalue weighted by molar-refractivity contribution is 6.07. The topological polar surface area (TPSA) is 130 Å². The van der Waals surface area contributed by atoms with Crippen LogP contribution in [0.3, 0.4) is 0 Å². The lowest BCUT2D eigenvalue weighted by molar-refractivity contribution is -0.384. The Morgan fingerprint density at radius 2 is 1.59 bits per heavy atom. The Balaban J connectivity index is 1.25. The van der Waals surface area contributed by atoms with Crippen LogP contribution in [0.1, 0.15) is 32.6 Å². The first-order valence-electron chi connectivity index (χ1n) is 11.6. The van der Waals surface area contributed by atoms with Crippen LogP contribution >= 0.6 is 0 Å². The number of hydrogen-bond acceptors (Lipinski definition) is 8. The fourth-order valence-corrected chi connectivity index (χ4v) is 5.02. The molecule has 1 aliphatic carbocycles. The van der Waals surface area contributed by atoms with Crippen LogP contribution in [0.15, 0.2) is 24.3 Å². The van der Waals surface area contributed by atoms with E-state index in [1.54, 1.807) is 17.0 Å². The van der Waals surface area contributed by atoms with Crippen molar-refractivity contribution in [3.63, 3.8) is 0 Å². The number of imide groups is 1. The number of carbonyl (C=O) groups is 4. The summed E-state index contributed by atoms with van der Waals surface area (Å²) in [6, 6.07) is 5.18. The maximum absolute atomic E-state index is 12.7. The van der Waals surface area contributed by atoms with Crippen LogP contribution < -0.4 is 4.90 Å². The summed E-state index contributed by atoms with van der Waals surface area (Å²) in [5.74, 6) is -2.43. The molecule has 3 amide bonds. The summed E-state index contributed by atoms with van der Waals surface area (Å²) in [5, 5.41) is 10.8. The minimum atomic E-state index is -1.06. The van der Waals surface area contributed by atoms with E-state index in [1.807, 2.05) is 4.90 Å². The number of piperazine rings is 1. The molecule has 182 valence electrons. The fourth-order valence-electron chi connectivity index (χ4n) is 5.02. The van der Waals surface area contributed by atoms with Gasteiger partial charge in [0.2, 0.25) is 11.8 Å². The molecular weight excluding hydrogens is 444 g/mol. The van der Waals surface area contributed by atoms with E-state index in [1.165, 1.54) is 19.1 Å². The van der Waals surface area contributed by atoms with Gasteiger partial charge in [-0.3, -0.25) is 29.4 Å². The predicted molar refractivity (Wildman–Crippen MR) is 120 cm³/mol. The molecule has 11 heteroatoms. The summed E-state index contributed by atoms with van der Waals surface area (Å²) >= 11 is 0. The molecule has 0 radical (unpaired) electrons. The van der Waals surface area contributed by atoms with E-state index in [0.717, 1.165) is 23.4 Å². The number of esters is 1. The first-order valence-corrected chi connectivity index (χ1v) is 11.6. The van der Waals surface area contributed by atoms with Gasteiger partial charge in [0.1, 0.15) is 6.04 Å². The van der Waals surface area contributed by atoms with Crippen molar-refractivity contribution in [1.82, 2.24) is 9.80 Å². The Bertz CT molecular complexity index is 964. The van der Waals surface area contributed by atoms with Gasteiger partial charge in [0.05, 0.1) is 16.8 Å². The van der Waals surface area contributed by atoms with E-state index in [-0.39, 0.29) is 35.2 Å². The smallest absolute Gasteiger partial charge is 0.329 e. The van der Waals surface area contributed by atoms with Gasteiger partial charge in [-0.1, -0.05) is 12.8 Å². The zero-order valence-corrected chi connectivity index (χ0v) is 19.1. The third-order valence-electron chi connectivity index (χ3n) is 7.00. The monoisotopic (exact) mass is 472 g/mol. The molecule has 3 atom stereocenters. The van der Waals surface area contributed by atoms with E-state index >= 15 is 0 Å². The lowest BCUT2D eigenvalue weighted by Gasteiger charge is -2.36. The normalized spacial score (nSPS) is 23.5. The minimum Gasteiger partial charge on any atom is -0.454 e. The number of rotatable bonds is 6. The van der Waals surface area contributed by atoms with E-state index in [9.17, 15) is 29.3 Å². The molecule has 0 spiro atoms. The lowest BCUT2D eigenvalue weighted by Crippen LogP contribution is -2.50. The number of benzene rings is 1. The standard InChI is InChI=1S/C23H28N4O7/c1-15(26-21(29)18-4-2-3-5-19(18)22(26)30)23(31)34-14-20(28)25-12-10-24(11-13-25)16-6-8-17(9-7-16)27(32)33/h6-9,15,18-19H,2-5,10-14H2,1H3. The molecule has 3 aliphatic rings. The van der Waals surface area contributed by atoms with Crippen molar-refractivity contribution in [2.45, 2.75) is 38.6 Å². The number of ether oxygens (including phenoxy) is 1. The van der Waals surface area contributed by atoms with Gasteiger partial charge in [-0.25, -0.2) is 4.79 Å². The van der Waals surface area contributed by atoms with Crippen molar-refractivity contribution >= 4 is 35.1 Å². The summed E-state index contributed by atoms with van der Waals surface area (Å²) in [5.41, 5.74) is 0.850. The van der Waals surface area contributed by atoms with Gasteiger partial charge in [0, 0.05) is 44.0 Å². The molecule has 3 unspecified atom stereocenters. The van der Waals surface area contributed by atoms with Gasteiger partial charge >= 0.3 is 5.97 Å². The molecule has 2 aliphatic heterocycles. The highest BCUT2D eigenvalue weighted by Gasteiger charge is 2.51. The van der Waals surface area contributed by atoms with Crippen LogP contribution in [-0.4, -0.2) is 77.2 Å². The molecule has 3 fully saturated rings. The molecule has 0 bridgehead atoms.